The van der Waals surface area contributed by atoms with Crippen LogP contribution in [0.25, 0.3) is 0 Å². The molecular formula is C20H26N4O3S. The fraction of sp³-hybridized carbons (Fsp3) is 0.500. The van der Waals surface area contributed by atoms with Crippen molar-refractivity contribution in [3.8, 4) is 5.75 Å². The van der Waals surface area contributed by atoms with Crippen molar-refractivity contribution in [1.29, 1.82) is 0 Å². The Kier molecular flexibility index (Phi) is 5.97. The Balaban J connectivity index is 1.29. The molecule has 1 N–H and O–H groups in total. The van der Waals surface area contributed by atoms with Crippen molar-refractivity contribution in [2.24, 2.45) is 0 Å². The molecule has 150 valence electrons. The number of rotatable bonds is 6. The summed E-state index contributed by atoms with van der Waals surface area (Å²) in [5.41, 5.74) is 1.70. The van der Waals surface area contributed by atoms with Crippen molar-refractivity contribution < 1.29 is 14.3 Å². The second-order valence-corrected chi connectivity index (χ2v) is 7.87. The molecule has 1 aromatic heterocycles. The van der Waals surface area contributed by atoms with Gasteiger partial charge in [0.05, 0.1) is 13.2 Å². The monoisotopic (exact) mass is 402 g/mol. The lowest BCUT2D eigenvalue weighted by molar-refractivity contribution is 0.0854. The summed E-state index contributed by atoms with van der Waals surface area (Å²) in [7, 11) is 1.68. The van der Waals surface area contributed by atoms with Crippen LogP contribution in [0.2, 0.25) is 0 Å². The van der Waals surface area contributed by atoms with Gasteiger partial charge in [0.1, 0.15) is 11.4 Å². The van der Waals surface area contributed by atoms with Crippen molar-refractivity contribution >= 4 is 28.1 Å². The first-order chi connectivity index (χ1) is 13.7. The number of piperazine rings is 1. The second kappa shape index (κ2) is 8.79. The zero-order valence-corrected chi connectivity index (χ0v) is 16.9. The van der Waals surface area contributed by atoms with Crippen LogP contribution in [0.5, 0.6) is 5.75 Å². The smallest absolute Gasteiger partial charge is 0.270 e. The van der Waals surface area contributed by atoms with E-state index in [2.05, 4.69) is 32.2 Å². The largest absolute Gasteiger partial charge is 0.497 e. The van der Waals surface area contributed by atoms with Gasteiger partial charge in [-0.15, -0.1) is 11.3 Å². The number of anilines is 2. The second-order valence-electron chi connectivity index (χ2n) is 7.03. The maximum Gasteiger partial charge on any atom is 0.270 e. The van der Waals surface area contributed by atoms with Crippen LogP contribution in [-0.4, -0.2) is 63.4 Å². The number of thiazole rings is 1. The number of aromatic nitrogens is 1. The summed E-state index contributed by atoms with van der Waals surface area (Å²) in [6.45, 7) is 4.97. The van der Waals surface area contributed by atoms with Crippen molar-refractivity contribution in [1.82, 2.24) is 10.3 Å². The summed E-state index contributed by atoms with van der Waals surface area (Å²) < 4.78 is 10.8. The highest BCUT2D eigenvalue weighted by Gasteiger charge is 2.22. The number of carbonyl (C=O) groups excluding carboxylic acids is 1. The molecule has 2 aliphatic rings. The van der Waals surface area contributed by atoms with Crippen LogP contribution in [0.4, 0.5) is 10.8 Å². The van der Waals surface area contributed by atoms with E-state index >= 15 is 0 Å². The third-order valence-corrected chi connectivity index (χ3v) is 6.13. The molecule has 28 heavy (non-hydrogen) atoms. The molecule has 8 heteroatoms. The number of benzene rings is 1. The Bertz CT molecular complexity index is 781. The standard InChI is InChI=1S/C20H26N4O3S/c1-26-16-6-4-15(5-7-16)23-8-10-24(11-9-23)20-22-18(14-28-20)19(25)21-13-17-3-2-12-27-17/h4-7,14,17H,2-3,8-13H2,1H3,(H,21,25)/t17-/m0/s1. The highest BCUT2D eigenvalue weighted by Crippen LogP contribution is 2.25. The SMILES string of the molecule is COc1ccc(N2CCN(c3nc(C(=O)NC[C@@H]4CCCO4)cs3)CC2)cc1. The number of hydrogen-bond donors (Lipinski definition) is 1. The van der Waals surface area contributed by atoms with E-state index in [-0.39, 0.29) is 12.0 Å². The first-order valence-electron chi connectivity index (χ1n) is 9.72. The van der Waals surface area contributed by atoms with Crippen LogP contribution in [0.15, 0.2) is 29.6 Å². The van der Waals surface area contributed by atoms with Crippen LogP contribution >= 0.6 is 11.3 Å². The summed E-state index contributed by atoms with van der Waals surface area (Å²) in [5, 5.41) is 5.70. The Morgan fingerprint density at radius 1 is 1.25 bits per heavy atom. The molecule has 2 fully saturated rings. The summed E-state index contributed by atoms with van der Waals surface area (Å²) in [6, 6.07) is 8.16. The average molecular weight is 403 g/mol. The molecule has 0 saturated carbocycles. The molecule has 0 unspecified atom stereocenters. The van der Waals surface area contributed by atoms with E-state index in [4.69, 9.17) is 9.47 Å². The zero-order chi connectivity index (χ0) is 19.3. The van der Waals surface area contributed by atoms with Crippen molar-refractivity contribution in [2.45, 2.75) is 18.9 Å². The molecule has 1 aromatic carbocycles. The van der Waals surface area contributed by atoms with Crippen LogP contribution in [0.3, 0.4) is 0 Å². The van der Waals surface area contributed by atoms with Gasteiger partial charge < -0.3 is 24.6 Å². The fourth-order valence-electron chi connectivity index (χ4n) is 3.57. The molecule has 7 nitrogen and oxygen atoms in total. The van der Waals surface area contributed by atoms with Gasteiger partial charge >= 0.3 is 0 Å². The Morgan fingerprint density at radius 3 is 2.68 bits per heavy atom. The lowest BCUT2D eigenvalue weighted by Crippen LogP contribution is -2.46. The normalized spacial score (nSPS) is 19.7. The number of nitrogens with zero attached hydrogens (tertiary/aromatic N) is 3. The molecule has 2 aromatic rings. The first-order valence-corrected chi connectivity index (χ1v) is 10.6. The van der Waals surface area contributed by atoms with Crippen LogP contribution in [0.1, 0.15) is 23.3 Å². The van der Waals surface area contributed by atoms with Gasteiger partial charge in [-0.3, -0.25) is 4.79 Å². The van der Waals surface area contributed by atoms with Crippen molar-refractivity contribution in [3.63, 3.8) is 0 Å². The molecule has 0 radical (unpaired) electrons. The minimum atomic E-state index is -0.116. The van der Waals surface area contributed by atoms with Gasteiger partial charge in [-0.05, 0) is 37.1 Å². The highest BCUT2D eigenvalue weighted by atomic mass is 32.1. The average Bonchev–Trinajstić information content (AvgIpc) is 3.44. The Labute approximate surface area is 169 Å². The van der Waals surface area contributed by atoms with E-state index < -0.39 is 0 Å². The molecule has 2 saturated heterocycles. The predicted octanol–water partition coefficient (Wildman–Crippen LogP) is 2.39. The fourth-order valence-corrected chi connectivity index (χ4v) is 4.42. The molecule has 3 heterocycles. The maximum atomic E-state index is 12.3. The molecular weight excluding hydrogens is 376 g/mol. The summed E-state index contributed by atoms with van der Waals surface area (Å²) in [5.74, 6) is 0.755. The van der Waals surface area contributed by atoms with E-state index in [0.29, 0.717) is 12.2 Å². The Hall–Kier alpha value is -2.32. The molecule has 0 bridgehead atoms. The third kappa shape index (κ3) is 4.39. The molecule has 1 amide bonds. The van der Waals surface area contributed by atoms with E-state index in [9.17, 15) is 4.79 Å². The van der Waals surface area contributed by atoms with E-state index in [1.165, 1.54) is 17.0 Å². The van der Waals surface area contributed by atoms with Gasteiger partial charge in [0.15, 0.2) is 5.13 Å². The molecule has 0 spiro atoms. The van der Waals surface area contributed by atoms with E-state index in [1.807, 2.05) is 17.5 Å². The predicted molar refractivity (Wildman–Crippen MR) is 111 cm³/mol. The van der Waals surface area contributed by atoms with E-state index in [0.717, 1.165) is 56.5 Å². The summed E-state index contributed by atoms with van der Waals surface area (Å²) in [6.07, 6.45) is 2.23. The summed E-state index contributed by atoms with van der Waals surface area (Å²) in [4.78, 5) is 21.5. The Morgan fingerprint density at radius 2 is 2.00 bits per heavy atom. The number of ether oxygens (including phenoxy) is 2. The summed E-state index contributed by atoms with van der Waals surface area (Å²) >= 11 is 1.53. The zero-order valence-electron chi connectivity index (χ0n) is 16.1. The first kappa shape index (κ1) is 19.0. The molecule has 0 aliphatic carbocycles. The van der Waals surface area contributed by atoms with Gasteiger partial charge in [-0.25, -0.2) is 4.98 Å². The van der Waals surface area contributed by atoms with Gasteiger partial charge in [0.2, 0.25) is 0 Å². The lowest BCUT2D eigenvalue weighted by Gasteiger charge is -2.36. The molecule has 2 aliphatic heterocycles. The quantitative estimate of drug-likeness (QED) is 0.800. The molecule has 1 atom stereocenters. The lowest BCUT2D eigenvalue weighted by atomic mass is 10.2. The van der Waals surface area contributed by atoms with Crippen LogP contribution in [0, 0.1) is 0 Å². The van der Waals surface area contributed by atoms with Gasteiger partial charge in [0, 0.05) is 50.4 Å². The third-order valence-electron chi connectivity index (χ3n) is 5.23. The highest BCUT2D eigenvalue weighted by molar-refractivity contribution is 7.13. The van der Waals surface area contributed by atoms with Gasteiger partial charge in [-0.1, -0.05) is 0 Å². The van der Waals surface area contributed by atoms with Gasteiger partial charge in [0.25, 0.3) is 5.91 Å². The van der Waals surface area contributed by atoms with Crippen molar-refractivity contribution in [2.75, 3.05) is 56.2 Å². The number of carbonyl (C=O) groups is 1. The van der Waals surface area contributed by atoms with Gasteiger partial charge in [-0.2, -0.15) is 0 Å². The minimum absolute atomic E-state index is 0.116. The number of nitrogens with one attached hydrogen (secondary N) is 1. The number of amides is 1. The van der Waals surface area contributed by atoms with Crippen LogP contribution in [-0.2, 0) is 4.74 Å². The minimum Gasteiger partial charge on any atom is -0.497 e. The maximum absolute atomic E-state index is 12.3. The van der Waals surface area contributed by atoms with E-state index in [1.54, 1.807) is 7.11 Å². The number of hydrogen-bond acceptors (Lipinski definition) is 7. The van der Waals surface area contributed by atoms with Crippen LogP contribution < -0.4 is 19.9 Å². The number of methoxy groups -OCH3 is 1. The molecule has 4 rings (SSSR count). The topological polar surface area (TPSA) is 66.9 Å². The van der Waals surface area contributed by atoms with Crippen molar-refractivity contribution in [3.05, 3.63) is 35.3 Å².